The van der Waals surface area contributed by atoms with Crippen LogP contribution in [0, 0.1) is 11.3 Å². The Kier molecular flexibility index (Phi) is 3.75. The second kappa shape index (κ2) is 5.17. The number of sulfonamides is 1. The summed E-state index contributed by atoms with van der Waals surface area (Å²) in [5.74, 6) is -0.196. The average molecular weight is 300 g/mol. The molecule has 1 aliphatic rings. The molecule has 1 aliphatic heterocycles. The molecule has 19 heavy (non-hydrogen) atoms. The Labute approximate surface area is 115 Å². The molecule has 1 atom stereocenters. The van der Waals surface area contributed by atoms with Gasteiger partial charge in [-0.1, -0.05) is 11.6 Å². The van der Waals surface area contributed by atoms with Gasteiger partial charge >= 0.3 is 0 Å². The summed E-state index contributed by atoms with van der Waals surface area (Å²) in [7, 11) is -3.81. The fourth-order valence-corrected chi connectivity index (χ4v) is 3.54. The van der Waals surface area contributed by atoms with Gasteiger partial charge in [0.25, 0.3) is 0 Å². The first-order valence-corrected chi connectivity index (χ1v) is 7.27. The van der Waals surface area contributed by atoms with Gasteiger partial charge in [0, 0.05) is 19.0 Å². The largest absolute Gasteiger partial charge is 0.354 e. The van der Waals surface area contributed by atoms with Gasteiger partial charge in [-0.2, -0.15) is 5.26 Å². The maximum absolute atomic E-state index is 12.1. The van der Waals surface area contributed by atoms with E-state index in [4.69, 9.17) is 16.9 Å². The molecule has 0 aliphatic carbocycles. The van der Waals surface area contributed by atoms with Gasteiger partial charge in [0.1, 0.15) is 4.90 Å². The van der Waals surface area contributed by atoms with Crippen molar-refractivity contribution >= 4 is 27.5 Å². The van der Waals surface area contributed by atoms with Gasteiger partial charge < -0.3 is 5.32 Å². The van der Waals surface area contributed by atoms with Gasteiger partial charge in [-0.3, -0.25) is 4.79 Å². The Bertz CT molecular complexity index is 666. The summed E-state index contributed by atoms with van der Waals surface area (Å²) in [4.78, 5) is 10.9. The summed E-state index contributed by atoms with van der Waals surface area (Å²) < 4.78 is 26.6. The minimum atomic E-state index is -3.81. The number of hydrogen-bond donors (Lipinski definition) is 2. The lowest BCUT2D eigenvalue weighted by molar-refractivity contribution is -0.119. The normalized spacial score (nSPS) is 18.9. The van der Waals surface area contributed by atoms with Crippen molar-refractivity contribution in [2.75, 3.05) is 6.54 Å². The monoisotopic (exact) mass is 299 g/mol. The van der Waals surface area contributed by atoms with Gasteiger partial charge in [-0.15, -0.1) is 0 Å². The molecule has 0 saturated carbocycles. The highest BCUT2D eigenvalue weighted by Gasteiger charge is 2.28. The van der Waals surface area contributed by atoms with Crippen LogP contribution in [0.2, 0.25) is 5.02 Å². The van der Waals surface area contributed by atoms with Gasteiger partial charge in [-0.25, -0.2) is 13.1 Å². The van der Waals surface area contributed by atoms with Crippen LogP contribution in [0.15, 0.2) is 23.1 Å². The Morgan fingerprint density at radius 2 is 2.21 bits per heavy atom. The van der Waals surface area contributed by atoms with E-state index in [2.05, 4.69) is 10.0 Å². The maximum Gasteiger partial charge on any atom is 0.242 e. The summed E-state index contributed by atoms with van der Waals surface area (Å²) in [6, 6.07) is 5.32. The van der Waals surface area contributed by atoms with Crippen molar-refractivity contribution < 1.29 is 13.2 Å². The molecule has 1 fully saturated rings. The minimum Gasteiger partial charge on any atom is -0.354 e. The average Bonchev–Trinajstić information content (AvgIpc) is 2.73. The SMILES string of the molecule is N#Cc1ccc(S(=O)(=O)NC2CNC(=O)C2)c(Cl)c1. The smallest absolute Gasteiger partial charge is 0.242 e. The highest BCUT2D eigenvalue weighted by atomic mass is 35.5. The number of hydrogen-bond acceptors (Lipinski definition) is 4. The van der Waals surface area contributed by atoms with Crippen LogP contribution >= 0.6 is 11.6 Å². The van der Waals surface area contributed by atoms with Crippen LogP contribution in [0.1, 0.15) is 12.0 Å². The Morgan fingerprint density at radius 3 is 2.74 bits per heavy atom. The fourth-order valence-electron chi connectivity index (χ4n) is 1.76. The quantitative estimate of drug-likeness (QED) is 0.842. The third-order valence-electron chi connectivity index (χ3n) is 2.65. The second-order valence-corrected chi connectivity index (χ2v) is 6.17. The van der Waals surface area contributed by atoms with Crippen molar-refractivity contribution in [1.29, 1.82) is 5.26 Å². The first kappa shape index (κ1) is 13.8. The minimum absolute atomic E-state index is 0.0242. The summed E-state index contributed by atoms with van der Waals surface area (Å²) in [6.45, 7) is 0.256. The van der Waals surface area contributed by atoms with Crippen LogP contribution in [0.5, 0.6) is 0 Å². The lowest BCUT2D eigenvalue weighted by Crippen LogP contribution is -2.36. The van der Waals surface area contributed by atoms with Crippen LogP contribution in [0.4, 0.5) is 0 Å². The molecule has 0 radical (unpaired) electrons. The van der Waals surface area contributed by atoms with Crippen molar-refractivity contribution in [1.82, 2.24) is 10.0 Å². The lowest BCUT2D eigenvalue weighted by atomic mass is 10.2. The molecule has 1 amide bonds. The first-order chi connectivity index (χ1) is 8.92. The number of benzene rings is 1. The van der Waals surface area contributed by atoms with E-state index in [0.717, 1.165) is 0 Å². The summed E-state index contributed by atoms with van der Waals surface area (Å²) >= 11 is 5.85. The molecule has 1 heterocycles. The number of carbonyl (C=O) groups excluding carboxylic acids is 1. The standard InChI is InChI=1S/C11H10ClN3O3S/c12-9-3-7(5-13)1-2-10(9)19(17,18)15-8-4-11(16)14-6-8/h1-3,8,15H,4,6H2,(H,14,16). The Balaban J connectivity index is 2.25. The zero-order chi connectivity index (χ0) is 14.0. The van der Waals surface area contributed by atoms with Crippen LogP contribution in [-0.4, -0.2) is 26.9 Å². The predicted octanol–water partition coefficient (Wildman–Crippen LogP) is 0.378. The predicted molar refractivity (Wildman–Crippen MR) is 67.9 cm³/mol. The third-order valence-corrected chi connectivity index (χ3v) is 4.65. The van der Waals surface area contributed by atoms with E-state index in [-0.39, 0.29) is 34.4 Å². The van der Waals surface area contributed by atoms with Gasteiger partial charge in [0.2, 0.25) is 15.9 Å². The molecular formula is C11H10ClN3O3S. The molecule has 8 heteroatoms. The molecule has 1 unspecified atom stereocenters. The number of carbonyl (C=O) groups is 1. The molecule has 1 aromatic carbocycles. The van der Waals surface area contributed by atoms with Crippen molar-refractivity contribution in [3.05, 3.63) is 28.8 Å². The zero-order valence-electron chi connectivity index (χ0n) is 9.68. The molecule has 1 aromatic rings. The van der Waals surface area contributed by atoms with E-state index in [1.165, 1.54) is 18.2 Å². The molecule has 6 nitrogen and oxygen atoms in total. The first-order valence-electron chi connectivity index (χ1n) is 5.41. The topological polar surface area (TPSA) is 99.1 Å². The van der Waals surface area contributed by atoms with E-state index < -0.39 is 16.1 Å². The number of halogens is 1. The lowest BCUT2D eigenvalue weighted by Gasteiger charge is -2.12. The van der Waals surface area contributed by atoms with Gasteiger partial charge in [0.05, 0.1) is 16.7 Å². The molecule has 0 spiro atoms. The van der Waals surface area contributed by atoms with Crippen molar-refractivity contribution in [2.24, 2.45) is 0 Å². The van der Waals surface area contributed by atoms with E-state index in [0.29, 0.717) is 0 Å². The van der Waals surface area contributed by atoms with Crippen LogP contribution in [0.3, 0.4) is 0 Å². The summed E-state index contributed by atoms with van der Waals surface area (Å²) in [5, 5.41) is 11.2. The molecule has 2 rings (SSSR count). The van der Waals surface area contributed by atoms with E-state index in [1.54, 1.807) is 0 Å². The zero-order valence-corrected chi connectivity index (χ0v) is 11.3. The van der Waals surface area contributed by atoms with Crippen molar-refractivity contribution in [2.45, 2.75) is 17.4 Å². The van der Waals surface area contributed by atoms with Crippen molar-refractivity contribution in [3.63, 3.8) is 0 Å². The van der Waals surface area contributed by atoms with Crippen LogP contribution in [0.25, 0.3) is 0 Å². The highest BCUT2D eigenvalue weighted by molar-refractivity contribution is 7.89. The van der Waals surface area contributed by atoms with E-state index in [1.807, 2.05) is 6.07 Å². The summed E-state index contributed by atoms with van der Waals surface area (Å²) in [6.07, 6.45) is 0.104. The second-order valence-electron chi connectivity index (χ2n) is 4.08. The third kappa shape index (κ3) is 3.04. The van der Waals surface area contributed by atoms with Gasteiger partial charge in [0.15, 0.2) is 0 Å². The van der Waals surface area contributed by atoms with Crippen LogP contribution < -0.4 is 10.0 Å². The molecular weight excluding hydrogens is 290 g/mol. The molecule has 0 bridgehead atoms. The fraction of sp³-hybridized carbons (Fsp3) is 0.273. The number of amides is 1. The summed E-state index contributed by atoms with van der Waals surface area (Å²) in [5.41, 5.74) is 0.279. The van der Waals surface area contributed by atoms with Gasteiger partial charge in [-0.05, 0) is 18.2 Å². The Morgan fingerprint density at radius 1 is 1.47 bits per heavy atom. The Hall–Kier alpha value is -1.62. The van der Waals surface area contributed by atoms with Crippen LogP contribution in [-0.2, 0) is 14.8 Å². The van der Waals surface area contributed by atoms with E-state index >= 15 is 0 Å². The number of rotatable bonds is 3. The molecule has 0 aromatic heterocycles. The van der Waals surface area contributed by atoms with E-state index in [9.17, 15) is 13.2 Å². The van der Waals surface area contributed by atoms with Crippen molar-refractivity contribution in [3.8, 4) is 6.07 Å². The molecule has 2 N–H and O–H groups in total. The highest BCUT2D eigenvalue weighted by Crippen LogP contribution is 2.23. The molecule has 100 valence electrons. The number of nitriles is 1. The molecule has 1 saturated heterocycles. The maximum atomic E-state index is 12.1. The number of nitrogens with one attached hydrogen (secondary N) is 2. The number of nitrogens with zero attached hydrogens (tertiary/aromatic N) is 1.